The molecule has 0 heterocycles. The Morgan fingerprint density at radius 2 is 1.63 bits per heavy atom. The number of ether oxygens (including phenoxy) is 3. The zero-order chi connectivity index (χ0) is 25.3. The first-order valence-electron chi connectivity index (χ1n) is 12.9. The standard InChI is InChI=1S/C31H42O4/c1-5-6-7-8-9-10-13-18-25(2)29(26(3)23-34-24-27-19-14-11-15-20-27)35-31(32)30(33-4)28-21-16-12-17-22-28/h11-17,19-22,26,29-30H,5-10,23-24H2,1-4H3/t18?,26-,29-,30-/m1/s1. The fourth-order valence-corrected chi connectivity index (χ4v) is 4.00. The number of benzene rings is 2. The molecule has 0 amide bonds. The van der Waals surface area contributed by atoms with Gasteiger partial charge in [0.25, 0.3) is 0 Å². The molecule has 0 N–H and O–H groups in total. The van der Waals surface area contributed by atoms with E-state index < -0.39 is 18.2 Å². The fourth-order valence-electron chi connectivity index (χ4n) is 4.00. The van der Waals surface area contributed by atoms with Crippen LogP contribution in [0, 0.1) is 5.92 Å². The minimum absolute atomic E-state index is 0.0404. The number of hydrogen-bond acceptors (Lipinski definition) is 4. The number of carbonyl (C=O) groups excluding carboxylic acids is 1. The second kappa shape index (κ2) is 16.9. The van der Waals surface area contributed by atoms with Gasteiger partial charge in [-0.05, 0) is 37.0 Å². The highest BCUT2D eigenvalue weighted by molar-refractivity contribution is 5.77. The van der Waals surface area contributed by atoms with Gasteiger partial charge in [0.1, 0.15) is 6.10 Å². The van der Waals surface area contributed by atoms with Crippen molar-refractivity contribution in [3.63, 3.8) is 0 Å². The van der Waals surface area contributed by atoms with Crippen LogP contribution in [0.1, 0.15) is 76.5 Å². The molecule has 2 aromatic rings. The Hall–Kier alpha value is -2.65. The predicted octanol–water partition coefficient (Wildman–Crippen LogP) is 7.60. The van der Waals surface area contributed by atoms with Gasteiger partial charge >= 0.3 is 5.97 Å². The first-order valence-corrected chi connectivity index (χ1v) is 12.9. The van der Waals surface area contributed by atoms with Gasteiger partial charge in [-0.25, -0.2) is 4.79 Å². The molecule has 4 nitrogen and oxygen atoms in total. The molecule has 0 unspecified atom stereocenters. The molecule has 0 aliphatic heterocycles. The molecule has 0 radical (unpaired) electrons. The van der Waals surface area contributed by atoms with Gasteiger partial charge < -0.3 is 14.2 Å². The number of carbonyl (C=O) groups is 1. The van der Waals surface area contributed by atoms with Crippen molar-refractivity contribution in [2.75, 3.05) is 13.7 Å². The van der Waals surface area contributed by atoms with E-state index in [1.807, 2.05) is 74.5 Å². The number of hydrogen-bond donors (Lipinski definition) is 0. The lowest BCUT2D eigenvalue weighted by Gasteiger charge is -2.26. The SMILES string of the molecule is CCCCCCCC=C=C(C)[C@@H](OC(=O)[C@H](OC)c1ccccc1)[C@H](C)COCc1ccccc1. The van der Waals surface area contributed by atoms with Crippen molar-refractivity contribution >= 4 is 5.97 Å². The van der Waals surface area contributed by atoms with Gasteiger partial charge in [0.2, 0.25) is 0 Å². The van der Waals surface area contributed by atoms with Crippen LogP contribution in [-0.2, 0) is 25.6 Å². The molecule has 2 aromatic carbocycles. The lowest BCUT2D eigenvalue weighted by Crippen LogP contribution is -2.32. The minimum Gasteiger partial charge on any atom is -0.455 e. The van der Waals surface area contributed by atoms with E-state index in [1.54, 1.807) is 0 Å². The van der Waals surface area contributed by atoms with E-state index in [2.05, 4.69) is 18.7 Å². The number of unbranched alkanes of at least 4 members (excludes halogenated alkanes) is 5. The first-order chi connectivity index (χ1) is 17.1. The summed E-state index contributed by atoms with van der Waals surface area (Å²) in [6.45, 7) is 7.23. The van der Waals surface area contributed by atoms with E-state index in [1.165, 1.54) is 32.8 Å². The second-order valence-electron chi connectivity index (χ2n) is 9.10. The summed E-state index contributed by atoms with van der Waals surface area (Å²) < 4.78 is 17.5. The van der Waals surface area contributed by atoms with Gasteiger partial charge in [0, 0.05) is 18.6 Å². The van der Waals surface area contributed by atoms with E-state index in [9.17, 15) is 4.79 Å². The van der Waals surface area contributed by atoms with Crippen LogP contribution in [0.3, 0.4) is 0 Å². The smallest absolute Gasteiger partial charge is 0.340 e. The third kappa shape index (κ3) is 10.7. The molecule has 35 heavy (non-hydrogen) atoms. The van der Waals surface area contributed by atoms with Crippen molar-refractivity contribution in [3.8, 4) is 0 Å². The van der Waals surface area contributed by atoms with Crippen molar-refractivity contribution in [1.82, 2.24) is 0 Å². The summed E-state index contributed by atoms with van der Waals surface area (Å²) in [6, 6.07) is 19.5. The van der Waals surface area contributed by atoms with Crippen molar-refractivity contribution in [2.24, 2.45) is 5.92 Å². The summed E-state index contributed by atoms with van der Waals surface area (Å²) in [7, 11) is 1.53. The van der Waals surface area contributed by atoms with Crippen LogP contribution in [0.25, 0.3) is 0 Å². The first kappa shape index (κ1) is 28.6. The van der Waals surface area contributed by atoms with Crippen LogP contribution in [-0.4, -0.2) is 25.8 Å². The number of esters is 1. The normalized spacial score (nSPS) is 13.4. The summed E-state index contributed by atoms with van der Waals surface area (Å²) >= 11 is 0. The van der Waals surface area contributed by atoms with E-state index in [-0.39, 0.29) is 5.92 Å². The van der Waals surface area contributed by atoms with Crippen molar-refractivity contribution in [3.05, 3.63) is 89.2 Å². The lowest BCUT2D eigenvalue weighted by molar-refractivity contribution is -0.162. The van der Waals surface area contributed by atoms with Crippen LogP contribution in [0.4, 0.5) is 0 Å². The molecule has 0 saturated carbocycles. The Kier molecular flexibility index (Phi) is 13.8. The molecule has 0 bridgehead atoms. The van der Waals surface area contributed by atoms with Gasteiger partial charge in [-0.15, -0.1) is 5.73 Å². The Morgan fingerprint density at radius 1 is 0.971 bits per heavy atom. The van der Waals surface area contributed by atoms with Gasteiger partial charge in [-0.2, -0.15) is 0 Å². The molecular formula is C31H42O4. The van der Waals surface area contributed by atoms with E-state index in [0.29, 0.717) is 13.2 Å². The molecular weight excluding hydrogens is 436 g/mol. The molecule has 0 saturated heterocycles. The Labute approximate surface area is 212 Å². The maximum Gasteiger partial charge on any atom is 0.340 e. The Morgan fingerprint density at radius 3 is 2.29 bits per heavy atom. The largest absolute Gasteiger partial charge is 0.455 e. The molecule has 0 aromatic heterocycles. The van der Waals surface area contributed by atoms with E-state index in [0.717, 1.165) is 29.5 Å². The van der Waals surface area contributed by atoms with Gasteiger partial charge in [0.15, 0.2) is 6.10 Å². The summed E-state index contributed by atoms with van der Waals surface area (Å²) in [5, 5.41) is 0. The predicted molar refractivity (Wildman–Crippen MR) is 142 cm³/mol. The molecule has 0 aliphatic rings. The molecule has 0 fully saturated rings. The highest BCUT2D eigenvalue weighted by Gasteiger charge is 2.29. The van der Waals surface area contributed by atoms with Gasteiger partial charge in [-0.1, -0.05) is 100 Å². The van der Waals surface area contributed by atoms with Crippen LogP contribution in [0.15, 0.2) is 78.0 Å². The summed E-state index contributed by atoms with van der Waals surface area (Å²) in [6.07, 6.45) is 8.04. The van der Waals surface area contributed by atoms with Crippen LogP contribution >= 0.6 is 0 Å². The summed E-state index contributed by atoms with van der Waals surface area (Å²) in [5.74, 6) is -0.444. The third-order valence-corrected chi connectivity index (χ3v) is 6.01. The fraction of sp³-hybridized carbons (Fsp3) is 0.484. The number of methoxy groups -OCH3 is 1. The molecule has 4 heteroatoms. The Balaban J connectivity index is 2.07. The Bertz CT molecular complexity index is 900. The maximum atomic E-state index is 13.1. The number of rotatable bonds is 16. The zero-order valence-electron chi connectivity index (χ0n) is 21.9. The molecule has 2 rings (SSSR count). The quantitative estimate of drug-likeness (QED) is 0.142. The van der Waals surface area contributed by atoms with Crippen molar-refractivity contribution < 1.29 is 19.0 Å². The van der Waals surface area contributed by atoms with Crippen molar-refractivity contribution in [2.45, 2.75) is 78.1 Å². The maximum absolute atomic E-state index is 13.1. The summed E-state index contributed by atoms with van der Waals surface area (Å²) in [4.78, 5) is 13.1. The monoisotopic (exact) mass is 478 g/mol. The minimum atomic E-state index is -0.772. The molecule has 0 spiro atoms. The topological polar surface area (TPSA) is 44.8 Å². The molecule has 3 atom stereocenters. The average Bonchev–Trinajstić information content (AvgIpc) is 2.88. The summed E-state index contributed by atoms with van der Waals surface area (Å²) in [5.41, 5.74) is 6.17. The third-order valence-electron chi connectivity index (χ3n) is 6.01. The van der Waals surface area contributed by atoms with Crippen LogP contribution in [0.2, 0.25) is 0 Å². The van der Waals surface area contributed by atoms with Gasteiger partial charge in [-0.3, -0.25) is 0 Å². The van der Waals surface area contributed by atoms with E-state index >= 15 is 0 Å². The average molecular weight is 479 g/mol. The second-order valence-corrected chi connectivity index (χ2v) is 9.10. The van der Waals surface area contributed by atoms with Gasteiger partial charge in [0.05, 0.1) is 13.2 Å². The van der Waals surface area contributed by atoms with E-state index in [4.69, 9.17) is 14.2 Å². The highest BCUT2D eigenvalue weighted by Crippen LogP contribution is 2.24. The van der Waals surface area contributed by atoms with Crippen LogP contribution in [0.5, 0.6) is 0 Å². The lowest BCUT2D eigenvalue weighted by atomic mass is 9.98. The molecule has 190 valence electrons. The highest BCUT2D eigenvalue weighted by atomic mass is 16.6. The molecule has 0 aliphatic carbocycles. The zero-order valence-corrected chi connectivity index (χ0v) is 21.9. The van der Waals surface area contributed by atoms with Crippen LogP contribution < -0.4 is 0 Å². The van der Waals surface area contributed by atoms with Crippen molar-refractivity contribution in [1.29, 1.82) is 0 Å².